The monoisotopic (exact) mass is 492 g/mol. The molecule has 0 radical (unpaired) electrons. The van der Waals surface area contributed by atoms with Gasteiger partial charge in [0.05, 0.1) is 6.61 Å². The Morgan fingerprint density at radius 1 is 1.00 bits per heavy atom. The maximum atomic E-state index is 13.6. The van der Waals surface area contributed by atoms with E-state index in [0.717, 1.165) is 44.1 Å². The van der Waals surface area contributed by atoms with E-state index in [1.54, 1.807) is 0 Å². The predicted octanol–water partition coefficient (Wildman–Crippen LogP) is 7.69. The number of methoxy groups -OCH3 is 1. The van der Waals surface area contributed by atoms with Crippen molar-refractivity contribution in [2.45, 2.75) is 78.0 Å². The summed E-state index contributed by atoms with van der Waals surface area (Å²) in [5.74, 6) is 3.16. The molecule has 4 aliphatic rings. The topological polar surface area (TPSA) is 35.5 Å². The van der Waals surface area contributed by atoms with Crippen molar-refractivity contribution in [3.8, 4) is 5.75 Å². The zero-order valence-corrected chi connectivity index (χ0v) is 21.2. The molecule has 8 unspecified atom stereocenters. The van der Waals surface area contributed by atoms with Gasteiger partial charge in [-0.1, -0.05) is 20.3 Å². The van der Waals surface area contributed by atoms with E-state index in [2.05, 4.69) is 18.6 Å². The minimum absolute atomic E-state index is 0.0392. The molecular formula is C29H39F3O3. The van der Waals surface area contributed by atoms with Crippen LogP contribution in [0.5, 0.6) is 5.75 Å². The summed E-state index contributed by atoms with van der Waals surface area (Å²) in [6, 6.07) is 5.50. The lowest BCUT2D eigenvalue weighted by Crippen LogP contribution is -2.56. The molecule has 194 valence electrons. The highest BCUT2D eigenvalue weighted by Crippen LogP contribution is 2.68. The van der Waals surface area contributed by atoms with Gasteiger partial charge in [0.2, 0.25) is 0 Å². The smallest absolute Gasteiger partial charge is 0.406 e. The van der Waals surface area contributed by atoms with Gasteiger partial charge in [-0.2, -0.15) is 0 Å². The molecule has 0 aliphatic heterocycles. The van der Waals surface area contributed by atoms with Crippen molar-refractivity contribution in [2.75, 3.05) is 13.7 Å². The number of alkyl halides is 3. The molecule has 0 spiro atoms. The van der Waals surface area contributed by atoms with E-state index in [1.807, 2.05) is 7.11 Å². The molecule has 0 N–H and O–H groups in total. The van der Waals surface area contributed by atoms with Gasteiger partial charge >= 0.3 is 6.36 Å². The number of ketones is 1. The molecule has 1 aromatic carbocycles. The summed E-state index contributed by atoms with van der Waals surface area (Å²) in [6.07, 6.45) is 5.86. The van der Waals surface area contributed by atoms with Gasteiger partial charge in [-0.15, -0.1) is 13.2 Å². The Labute approximate surface area is 207 Å². The summed E-state index contributed by atoms with van der Waals surface area (Å²) in [5, 5.41) is 0. The van der Waals surface area contributed by atoms with Gasteiger partial charge in [0.1, 0.15) is 5.75 Å². The Morgan fingerprint density at radius 2 is 1.74 bits per heavy atom. The molecule has 6 heteroatoms. The van der Waals surface area contributed by atoms with Crippen LogP contribution in [0.4, 0.5) is 13.2 Å². The summed E-state index contributed by atoms with van der Waals surface area (Å²) in [6.45, 7) is 5.59. The Hall–Kier alpha value is -1.56. The third kappa shape index (κ3) is 4.32. The van der Waals surface area contributed by atoms with Gasteiger partial charge in [0, 0.05) is 18.6 Å². The molecule has 35 heavy (non-hydrogen) atoms. The normalized spacial score (nSPS) is 41.0. The summed E-state index contributed by atoms with van der Waals surface area (Å²) < 4.78 is 47.4. The molecule has 4 fully saturated rings. The first kappa shape index (κ1) is 25.1. The molecule has 1 aromatic rings. The molecule has 8 atom stereocenters. The Morgan fingerprint density at radius 3 is 2.43 bits per heavy atom. The van der Waals surface area contributed by atoms with E-state index in [4.69, 9.17) is 4.74 Å². The number of Topliss-reactive ketones (excluding diaryl/α,β-unsaturated/α-hetero) is 1. The van der Waals surface area contributed by atoms with E-state index < -0.39 is 6.36 Å². The van der Waals surface area contributed by atoms with Crippen LogP contribution in [0.1, 0.15) is 82.0 Å². The first-order valence-electron chi connectivity index (χ1n) is 13.5. The number of rotatable bonds is 5. The van der Waals surface area contributed by atoms with E-state index in [0.29, 0.717) is 28.7 Å². The molecule has 5 rings (SSSR count). The van der Waals surface area contributed by atoms with Crippen LogP contribution in [-0.2, 0) is 4.74 Å². The second-order valence-electron chi connectivity index (χ2n) is 12.3. The number of carbonyl (C=O) groups is 1. The fourth-order valence-electron chi connectivity index (χ4n) is 9.27. The number of fused-ring (bicyclic) bond motifs is 5. The molecule has 0 aromatic heterocycles. The highest BCUT2D eigenvalue weighted by molar-refractivity contribution is 5.98. The molecule has 0 saturated heterocycles. The predicted molar refractivity (Wildman–Crippen MR) is 128 cm³/mol. The van der Waals surface area contributed by atoms with Crippen LogP contribution in [0.25, 0.3) is 0 Å². The van der Waals surface area contributed by atoms with Crippen molar-refractivity contribution in [3.05, 3.63) is 29.8 Å². The molecule has 3 nitrogen and oxygen atoms in total. The lowest BCUT2D eigenvalue weighted by Gasteiger charge is -2.61. The largest absolute Gasteiger partial charge is 0.573 e. The number of carbonyl (C=O) groups excluding carboxylic acids is 1. The van der Waals surface area contributed by atoms with Crippen molar-refractivity contribution in [1.29, 1.82) is 0 Å². The maximum Gasteiger partial charge on any atom is 0.573 e. The number of halogens is 3. The Bertz CT molecular complexity index is 928. The van der Waals surface area contributed by atoms with Crippen LogP contribution in [0.3, 0.4) is 0 Å². The first-order valence-corrected chi connectivity index (χ1v) is 13.5. The van der Waals surface area contributed by atoms with Crippen molar-refractivity contribution < 1.29 is 27.4 Å². The van der Waals surface area contributed by atoms with Crippen molar-refractivity contribution in [1.82, 2.24) is 0 Å². The third-order valence-electron chi connectivity index (χ3n) is 10.7. The molecule has 0 heterocycles. The third-order valence-corrected chi connectivity index (χ3v) is 10.7. The number of benzene rings is 1. The SMILES string of the molecule is COCC12CCC(C)CC1CCC1C3CCC(C(=O)c4ccc(OC(F)(F)F)cc4)C3(C)CCC12. The van der Waals surface area contributed by atoms with Gasteiger partial charge in [-0.3, -0.25) is 4.79 Å². The summed E-state index contributed by atoms with van der Waals surface area (Å²) in [5.41, 5.74) is 0.749. The maximum absolute atomic E-state index is 13.6. The first-order chi connectivity index (χ1) is 16.6. The van der Waals surface area contributed by atoms with E-state index >= 15 is 0 Å². The van der Waals surface area contributed by atoms with E-state index in [9.17, 15) is 18.0 Å². The standard InChI is InChI=1S/C29H39F3O3/c1-18-12-15-28(17-34-3)20(16-18)6-9-22-23-10-11-25(27(23,2)14-13-24(22)28)26(33)19-4-7-21(8-5-19)35-29(30,31)32/h4-5,7-8,18,20,22-25H,6,9-17H2,1-3H3. The Kier molecular flexibility index (Phi) is 6.51. The van der Waals surface area contributed by atoms with Gasteiger partial charge in [0.25, 0.3) is 0 Å². The molecule has 4 aliphatic carbocycles. The van der Waals surface area contributed by atoms with Crippen LogP contribution in [0.2, 0.25) is 0 Å². The average Bonchev–Trinajstić information content (AvgIpc) is 3.16. The van der Waals surface area contributed by atoms with Gasteiger partial charge in [-0.25, -0.2) is 0 Å². The number of hydrogen-bond donors (Lipinski definition) is 0. The highest BCUT2D eigenvalue weighted by atomic mass is 19.4. The van der Waals surface area contributed by atoms with Gasteiger partial charge in [0.15, 0.2) is 5.78 Å². The van der Waals surface area contributed by atoms with Gasteiger partial charge in [-0.05, 0) is 116 Å². The lowest BCUT2D eigenvalue weighted by molar-refractivity contribution is -0.274. The summed E-state index contributed by atoms with van der Waals surface area (Å²) in [4.78, 5) is 13.6. The average molecular weight is 493 g/mol. The number of hydrogen-bond acceptors (Lipinski definition) is 3. The number of ether oxygens (including phenoxy) is 2. The van der Waals surface area contributed by atoms with Crippen LogP contribution in [0, 0.1) is 46.3 Å². The molecular weight excluding hydrogens is 453 g/mol. The van der Waals surface area contributed by atoms with Crippen LogP contribution in [0.15, 0.2) is 24.3 Å². The minimum atomic E-state index is -4.73. The zero-order valence-electron chi connectivity index (χ0n) is 21.2. The molecule has 4 saturated carbocycles. The fourth-order valence-corrected chi connectivity index (χ4v) is 9.27. The second-order valence-corrected chi connectivity index (χ2v) is 12.3. The zero-order chi connectivity index (χ0) is 25.0. The van der Waals surface area contributed by atoms with Crippen molar-refractivity contribution in [2.24, 2.45) is 46.3 Å². The van der Waals surface area contributed by atoms with Gasteiger partial charge < -0.3 is 9.47 Å². The van der Waals surface area contributed by atoms with E-state index in [1.165, 1.54) is 56.4 Å². The second kappa shape index (κ2) is 9.08. The molecule has 0 bridgehead atoms. The highest BCUT2D eigenvalue weighted by Gasteiger charge is 2.62. The summed E-state index contributed by atoms with van der Waals surface area (Å²) >= 11 is 0. The molecule has 0 amide bonds. The summed E-state index contributed by atoms with van der Waals surface area (Å²) in [7, 11) is 1.86. The fraction of sp³-hybridized carbons (Fsp3) is 0.759. The lowest BCUT2D eigenvalue weighted by atomic mass is 9.43. The van der Waals surface area contributed by atoms with Crippen molar-refractivity contribution >= 4 is 5.78 Å². The minimum Gasteiger partial charge on any atom is -0.406 e. The van der Waals surface area contributed by atoms with Crippen LogP contribution < -0.4 is 4.74 Å². The van der Waals surface area contributed by atoms with E-state index in [-0.39, 0.29) is 22.9 Å². The van der Waals surface area contributed by atoms with Crippen LogP contribution in [-0.4, -0.2) is 25.9 Å². The van der Waals surface area contributed by atoms with Crippen molar-refractivity contribution in [3.63, 3.8) is 0 Å². The quantitative estimate of drug-likeness (QED) is 0.395. The van der Waals surface area contributed by atoms with Crippen LogP contribution >= 0.6 is 0 Å². The Balaban J connectivity index is 1.35.